The zero-order chi connectivity index (χ0) is 28.3. The minimum Gasteiger partial charge on any atom is -0.375 e. The van der Waals surface area contributed by atoms with Crippen LogP contribution in [0.1, 0.15) is 51.4 Å². The number of aromatic amines is 1. The molecule has 13 heteroatoms. The van der Waals surface area contributed by atoms with E-state index < -0.39 is 12.2 Å². The highest BCUT2D eigenvalue weighted by atomic mass is 35.5. The van der Waals surface area contributed by atoms with Crippen LogP contribution >= 0.6 is 11.6 Å². The van der Waals surface area contributed by atoms with Gasteiger partial charge in [-0.05, 0) is 43.7 Å². The third-order valence-electron chi connectivity index (χ3n) is 7.90. The summed E-state index contributed by atoms with van der Waals surface area (Å²) in [6, 6.07) is 3.60. The number of fused-ring (bicyclic) bond motifs is 1. The Labute approximate surface area is 240 Å². The van der Waals surface area contributed by atoms with E-state index in [2.05, 4.69) is 24.6 Å². The molecule has 0 spiro atoms. The fourth-order valence-electron chi connectivity index (χ4n) is 5.97. The van der Waals surface area contributed by atoms with Gasteiger partial charge in [-0.15, -0.1) is 0 Å². The van der Waals surface area contributed by atoms with Crippen molar-refractivity contribution in [1.82, 2.24) is 29.7 Å². The van der Waals surface area contributed by atoms with Gasteiger partial charge in [0.05, 0.1) is 34.5 Å². The van der Waals surface area contributed by atoms with Crippen LogP contribution in [0.3, 0.4) is 0 Å². The lowest BCUT2D eigenvalue weighted by atomic mass is 9.89. The van der Waals surface area contributed by atoms with Gasteiger partial charge in [0, 0.05) is 44.0 Å². The van der Waals surface area contributed by atoms with E-state index in [-0.39, 0.29) is 18.3 Å². The second-order valence-electron chi connectivity index (χ2n) is 10.8. The van der Waals surface area contributed by atoms with Crippen molar-refractivity contribution in [1.29, 1.82) is 0 Å². The maximum absolute atomic E-state index is 12.8. The monoisotopic (exact) mass is 587 g/mol. The number of hydrogen-bond donors (Lipinski definition) is 1. The Bertz CT molecular complexity index is 1550. The Morgan fingerprint density at radius 2 is 2.00 bits per heavy atom. The van der Waals surface area contributed by atoms with Gasteiger partial charge >= 0.3 is 5.76 Å². The molecule has 1 saturated carbocycles. The van der Waals surface area contributed by atoms with Crippen molar-refractivity contribution in [3.63, 3.8) is 0 Å². The Kier molecular flexibility index (Phi) is 8.29. The van der Waals surface area contributed by atoms with E-state index in [9.17, 15) is 13.6 Å². The summed E-state index contributed by atoms with van der Waals surface area (Å²) >= 11 is 6.35. The Morgan fingerprint density at radius 1 is 1.15 bits per heavy atom. The van der Waals surface area contributed by atoms with Gasteiger partial charge in [-0.1, -0.05) is 36.0 Å². The van der Waals surface area contributed by atoms with Crippen molar-refractivity contribution >= 4 is 28.6 Å². The third-order valence-corrected chi connectivity index (χ3v) is 8.11. The summed E-state index contributed by atoms with van der Waals surface area (Å²) in [5.74, 6) is 0.792. The van der Waals surface area contributed by atoms with Gasteiger partial charge in [-0.25, -0.2) is 23.5 Å². The van der Waals surface area contributed by atoms with Gasteiger partial charge in [-0.2, -0.15) is 0 Å². The molecule has 1 aliphatic heterocycles. The number of anilines is 1. The van der Waals surface area contributed by atoms with Crippen LogP contribution in [0.15, 0.2) is 33.8 Å². The molecule has 0 aromatic carbocycles. The van der Waals surface area contributed by atoms with Crippen molar-refractivity contribution in [2.45, 2.75) is 70.4 Å². The quantitative estimate of drug-likeness (QED) is 0.265. The first-order valence-electron chi connectivity index (χ1n) is 14.2. The number of pyridine rings is 2. The summed E-state index contributed by atoms with van der Waals surface area (Å²) in [4.78, 5) is 30.8. The molecular weight excluding hydrogens is 556 g/mol. The van der Waals surface area contributed by atoms with Crippen LogP contribution in [-0.2, 0) is 11.3 Å². The lowest BCUT2D eigenvalue weighted by Gasteiger charge is -2.34. The van der Waals surface area contributed by atoms with E-state index in [1.807, 2.05) is 0 Å². The molecule has 6 rings (SSSR count). The minimum absolute atomic E-state index is 0.129. The molecule has 4 aromatic rings. The molecule has 1 saturated heterocycles. The second-order valence-corrected chi connectivity index (χ2v) is 11.3. The molecule has 10 nitrogen and oxygen atoms in total. The standard InChI is InChI=1S/C28H32ClF2N7O3/c29-19-11-18(13-32-14-19)24-25-21(12-22(33-24)26-35-28(39)41-36-26)34-27(38(25)15-17-5-2-1-3-6-17)37-9-10-40-20(16-37)7-4-8-23(30)31/h11-14,17,20,23H,1-10,15-16H2,(H,35,36,39). The summed E-state index contributed by atoms with van der Waals surface area (Å²) in [6.07, 6.45) is 7.56. The van der Waals surface area contributed by atoms with Gasteiger partial charge in [0.1, 0.15) is 5.69 Å². The summed E-state index contributed by atoms with van der Waals surface area (Å²) in [5, 5.41) is 4.32. The van der Waals surface area contributed by atoms with Crippen LogP contribution in [0.2, 0.25) is 5.02 Å². The Balaban J connectivity index is 1.47. The fraction of sp³-hybridized carbons (Fsp3) is 0.536. The number of nitrogens with one attached hydrogen (secondary N) is 1. The molecule has 5 heterocycles. The topological polar surface area (TPSA) is 115 Å². The first-order chi connectivity index (χ1) is 19.9. The van der Waals surface area contributed by atoms with E-state index in [1.54, 1.807) is 24.5 Å². The average molecular weight is 588 g/mol. The molecule has 41 heavy (non-hydrogen) atoms. The molecule has 2 aliphatic rings. The van der Waals surface area contributed by atoms with Gasteiger partial charge in [0.2, 0.25) is 18.2 Å². The van der Waals surface area contributed by atoms with E-state index in [0.717, 1.165) is 30.9 Å². The number of rotatable bonds is 9. The van der Waals surface area contributed by atoms with Crippen LogP contribution < -0.4 is 10.7 Å². The number of nitrogens with zero attached hydrogens (tertiary/aromatic N) is 6. The van der Waals surface area contributed by atoms with Crippen molar-refractivity contribution in [2.75, 3.05) is 24.6 Å². The summed E-state index contributed by atoms with van der Waals surface area (Å²) < 4.78 is 38.5. The number of halogens is 3. The number of morpholine rings is 1. The summed E-state index contributed by atoms with van der Waals surface area (Å²) in [5.41, 5.74) is 3.25. The van der Waals surface area contributed by atoms with E-state index in [1.165, 1.54) is 19.3 Å². The number of aromatic nitrogens is 6. The number of alkyl halides is 2. The number of ether oxygens (including phenoxy) is 1. The number of H-pyrrole nitrogens is 1. The molecule has 1 unspecified atom stereocenters. The number of hydrogen-bond acceptors (Lipinski definition) is 8. The van der Waals surface area contributed by atoms with Crippen LogP contribution in [0.25, 0.3) is 33.8 Å². The summed E-state index contributed by atoms with van der Waals surface area (Å²) in [6.45, 7) is 2.44. The summed E-state index contributed by atoms with van der Waals surface area (Å²) in [7, 11) is 0. The smallest absolute Gasteiger partial charge is 0.375 e. The van der Waals surface area contributed by atoms with Crippen molar-refractivity contribution < 1.29 is 18.0 Å². The molecule has 0 bridgehead atoms. The molecule has 0 radical (unpaired) electrons. The molecule has 218 valence electrons. The Morgan fingerprint density at radius 3 is 2.76 bits per heavy atom. The SMILES string of the molecule is O=c1[nH]c(-c2cc3nc(N4CCOC(CCCC(F)F)C4)n(CC4CCCCC4)c3c(-c3cncc(Cl)c3)n2)no1. The highest BCUT2D eigenvalue weighted by Crippen LogP contribution is 2.36. The molecule has 1 aliphatic carbocycles. The molecule has 4 aromatic heterocycles. The number of imidazole rings is 1. The zero-order valence-electron chi connectivity index (χ0n) is 22.6. The van der Waals surface area contributed by atoms with Crippen LogP contribution in [0.5, 0.6) is 0 Å². The van der Waals surface area contributed by atoms with E-state index >= 15 is 0 Å². The van der Waals surface area contributed by atoms with Gasteiger partial charge < -0.3 is 14.2 Å². The highest BCUT2D eigenvalue weighted by Gasteiger charge is 2.29. The first kappa shape index (κ1) is 27.8. The largest absolute Gasteiger partial charge is 0.439 e. The maximum atomic E-state index is 12.8. The molecular formula is C28H32ClF2N7O3. The average Bonchev–Trinajstić information content (AvgIpc) is 3.57. The van der Waals surface area contributed by atoms with Crippen molar-refractivity contribution in [3.8, 4) is 22.8 Å². The predicted octanol–water partition coefficient (Wildman–Crippen LogP) is 5.71. The molecule has 0 amide bonds. The lowest BCUT2D eigenvalue weighted by molar-refractivity contribution is 0.0290. The second kappa shape index (κ2) is 12.2. The van der Waals surface area contributed by atoms with Gasteiger partial charge in [-0.3, -0.25) is 14.5 Å². The van der Waals surface area contributed by atoms with Crippen molar-refractivity contribution in [2.24, 2.45) is 5.92 Å². The molecule has 1 atom stereocenters. The van der Waals surface area contributed by atoms with Gasteiger partial charge in [0.25, 0.3) is 0 Å². The Hall–Kier alpha value is -3.38. The van der Waals surface area contributed by atoms with E-state index in [0.29, 0.717) is 65.9 Å². The van der Waals surface area contributed by atoms with E-state index in [4.69, 9.17) is 30.8 Å². The van der Waals surface area contributed by atoms with Gasteiger partial charge in [0.15, 0.2) is 0 Å². The first-order valence-corrected chi connectivity index (χ1v) is 14.6. The minimum atomic E-state index is -2.31. The fourth-order valence-corrected chi connectivity index (χ4v) is 6.14. The highest BCUT2D eigenvalue weighted by molar-refractivity contribution is 6.30. The molecule has 1 N–H and O–H groups in total. The van der Waals surface area contributed by atoms with Crippen LogP contribution in [-0.4, -0.2) is 61.9 Å². The lowest BCUT2D eigenvalue weighted by Crippen LogP contribution is -2.44. The van der Waals surface area contributed by atoms with Crippen LogP contribution in [0.4, 0.5) is 14.7 Å². The normalized spacial score (nSPS) is 18.5. The zero-order valence-corrected chi connectivity index (χ0v) is 23.3. The van der Waals surface area contributed by atoms with Crippen molar-refractivity contribution in [3.05, 3.63) is 40.1 Å². The predicted molar refractivity (Wildman–Crippen MR) is 150 cm³/mol. The third kappa shape index (κ3) is 6.28. The molecule has 2 fully saturated rings. The van der Waals surface area contributed by atoms with Crippen LogP contribution in [0, 0.1) is 5.92 Å². The maximum Gasteiger partial charge on any atom is 0.439 e.